The highest BCUT2D eigenvalue weighted by Gasteiger charge is 2.30. The lowest BCUT2D eigenvalue weighted by Crippen LogP contribution is -2.35. The number of piperidine rings is 1. The van der Waals surface area contributed by atoms with Crippen LogP contribution in [0.1, 0.15) is 47.5 Å². The molecule has 1 heterocycles. The second kappa shape index (κ2) is 9.68. The second-order valence-corrected chi connectivity index (χ2v) is 11.3. The number of carbonyl (C=O) groups excluding carboxylic acids is 1. The fourth-order valence-corrected chi connectivity index (χ4v) is 5.06. The Bertz CT molecular complexity index is 1140. The van der Waals surface area contributed by atoms with Crippen LogP contribution in [0.25, 0.3) is 0 Å². The van der Waals surface area contributed by atoms with Gasteiger partial charge in [-0.3, -0.25) is 4.79 Å². The van der Waals surface area contributed by atoms with Gasteiger partial charge in [-0.2, -0.15) is 0 Å². The van der Waals surface area contributed by atoms with Crippen LogP contribution in [0.4, 0.5) is 10.1 Å². The van der Waals surface area contributed by atoms with E-state index in [1.807, 2.05) is 16.9 Å². The third-order valence-electron chi connectivity index (χ3n) is 5.94. The van der Waals surface area contributed by atoms with E-state index in [-0.39, 0.29) is 11.5 Å². The van der Waals surface area contributed by atoms with Gasteiger partial charge >= 0.3 is 0 Å². The van der Waals surface area contributed by atoms with Crippen LogP contribution in [0.5, 0.6) is 5.75 Å². The third kappa shape index (κ3) is 6.31. The summed E-state index contributed by atoms with van der Waals surface area (Å²) in [7, 11) is -3.79. The average Bonchev–Trinajstić information content (AvgIpc) is 3.56. The molecule has 33 heavy (non-hydrogen) atoms. The summed E-state index contributed by atoms with van der Waals surface area (Å²) in [4.78, 5) is 14.4. The summed E-state index contributed by atoms with van der Waals surface area (Å²) in [6, 6.07) is 8.13. The molecular weight excluding hydrogens is 490 g/mol. The maximum Gasteiger partial charge on any atom is 0.267 e. The smallest absolute Gasteiger partial charge is 0.267 e. The molecule has 178 valence electrons. The highest BCUT2D eigenvalue weighted by molar-refractivity contribution is 7.89. The molecule has 6 nitrogen and oxygen atoms in total. The number of hydrogen-bond donors (Lipinski definition) is 1. The van der Waals surface area contributed by atoms with Gasteiger partial charge in [0.05, 0.1) is 18.4 Å². The van der Waals surface area contributed by atoms with Gasteiger partial charge in [-0.05, 0) is 67.3 Å². The number of ether oxygens (including phenoxy) is 1. The van der Waals surface area contributed by atoms with Crippen molar-refractivity contribution in [3.05, 3.63) is 57.3 Å². The van der Waals surface area contributed by atoms with E-state index in [9.17, 15) is 17.6 Å². The molecule has 0 atom stereocenters. The summed E-state index contributed by atoms with van der Waals surface area (Å²) in [5.41, 5.74) is 1.46. The molecule has 1 aliphatic carbocycles. The van der Waals surface area contributed by atoms with Crippen LogP contribution in [-0.4, -0.2) is 40.3 Å². The zero-order chi connectivity index (χ0) is 23.8. The van der Waals surface area contributed by atoms with Crippen molar-refractivity contribution in [3.8, 4) is 5.75 Å². The number of nitrogens with zero attached hydrogens (tertiary/aromatic N) is 1. The first kappa shape index (κ1) is 24.1. The van der Waals surface area contributed by atoms with Crippen LogP contribution >= 0.6 is 23.2 Å². The number of nitrogens with one attached hydrogen (secondary N) is 1. The van der Waals surface area contributed by atoms with E-state index >= 15 is 0 Å². The maximum absolute atomic E-state index is 14.6. The minimum Gasteiger partial charge on any atom is -0.493 e. The van der Waals surface area contributed by atoms with Gasteiger partial charge in [0.25, 0.3) is 5.91 Å². The van der Waals surface area contributed by atoms with Gasteiger partial charge in [0.2, 0.25) is 10.0 Å². The molecule has 2 fully saturated rings. The predicted molar refractivity (Wildman–Crippen MR) is 128 cm³/mol. The van der Waals surface area contributed by atoms with E-state index in [1.54, 1.807) is 6.07 Å². The maximum atomic E-state index is 14.6. The third-order valence-corrected chi connectivity index (χ3v) is 6.93. The molecule has 4 rings (SSSR count). The molecular formula is C23H25Cl2FN2O4S. The standard InChI is InChI=1S/C23H25Cl2FN2O4S/c1-33(30,31)27-23(29)20-11-19(15-2-3-15)22(12-21(20)26)32-13-14-4-6-28(7-5-14)18-9-16(24)8-17(25)10-18/h8-12,14-15H,2-7,13H2,1H3,(H,27,29). The summed E-state index contributed by atoms with van der Waals surface area (Å²) in [6.07, 6.45) is 4.51. The fourth-order valence-electron chi connectivity index (χ4n) is 4.09. The Morgan fingerprint density at radius 1 is 1.09 bits per heavy atom. The van der Waals surface area contributed by atoms with Crippen molar-refractivity contribution in [2.24, 2.45) is 5.92 Å². The number of benzene rings is 2. The largest absolute Gasteiger partial charge is 0.493 e. The molecule has 10 heteroatoms. The lowest BCUT2D eigenvalue weighted by Gasteiger charge is -2.33. The fraction of sp³-hybridized carbons (Fsp3) is 0.435. The van der Waals surface area contributed by atoms with Gasteiger partial charge < -0.3 is 9.64 Å². The van der Waals surface area contributed by atoms with E-state index in [1.165, 1.54) is 12.1 Å². The first-order chi connectivity index (χ1) is 15.6. The van der Waals surface area contributed by atoms with Crippen LogP contribution < -0.4 is 14.4 Å². The quantitative estimate of drug-likeness (QED) is 0.562. The zero-order valence-corrected chi connectivity index (χ0v) is 20.4. The molecule has 0 radical (unpaired) electrons. The van der Waals surface area contributed by atoms with E-state index in [2.05, 4.69) is 4.90 Å². The molecule has 2 aliphatic rings. The molecule has 0 unspecified atom stereocenters. The highest BCUT2D eigenvalue weighted by Crippen LogP contribution is 2.45. The SMILES string of the molecule is CS(=O)(=O)NC(=O)c1cc(C2CC2)c(OCC2CCN(c3cc(Cl)cc(Cl)c3)CC2)cc1F. The summed E-state index contributed by atoms with van der Waals surface area (Å²) in [5.74, 6) is -0.853. The Balaban J connectivity index is 1.40. The Labute approximate surface area is 203 Å². The lowest BCUT2D eigenvalue weighted by molar-refractivity contribution is 0.0977. The number of carbonyl (C=O) groups is 1. The van der Waals surface area contributed by atoms with Gasteiger partial charge in [0.15, 0.2) is 0 Å². The minimum atomic E-state index is -3.79. The zero-order valence-electron chi connectivity index (χ0n) is 18.1. The van der Waals surface area contributed by atoms with Gasteiger partial charge in [0.1, 0.15) is 11.6 Å². The van der Waals surface area contributed by atoms with Gasteiger partial charge in [-0.15, -0.1) is 0 Å². The summed E-state index contributed by atoms with van der Waals surface area (Å²) < 4.78 is 45.2. The van der Waals surface area contributed by atoms with E-state index in [4.69, 9.17) is 27.9 Å². The average molecular weight is 515 g/mol. The molecule has 1 saturated heterocycles. The Morgan fingerprint density at radius 2 is 1.73 bits per heavy atom. The van der Waals surface area contributed by atoms with E-state index in [0.29, 0.717) is 28.3 Å². The summed E-state index contributed by atoms with van der Waals surface area (Å²) >= 11 is 12.2. The number of sulfonamides is 1. The number of amides is 1. The van der Waals surface area contributed by atoms with Crippen molar-refractivity contribution in [2.75, 3.05) is 30.9 Å². The predicted octanol–water partition coefficient (Wildman–Crippen LogP) is 4.99. The summed E-state index contributed by atoms with van der Waals surface area (Å²) in [6.45, 7) is 2.11. The number of anilines is 1. The van der Waals surface area contributed by atoms with Crippen LogP contribution in [-0.2, 0) is 10.0 Å². The number of halogens is 3. The molecule has 0 aromatic heterocycles. The molecule has 1 amide bonds. The van der Waals surface area contributed by atoms with Gasteiger partial charge in [-0.25, -0.2) is 17.5 Å². The Hall–Kier alpha value is -2.03. The van der Waals surface area contributed by atoms with Crippen LogP contribution in [0.3, 0.4) is 0 Å². The highest BCUT2D eigenvalue weighted by atomic mass is 35.5. The molecule has 1 aliphatic heterocycles. The Kier molecular flexibility index (Phi) is 7.07. The van der Waals surface area contributed by atoms with Crippen LogP contribution in [0.2, 0.25) is 10.0 Å². The normalized spacial score (nSPS) is 17.2. The van der Waals surface area contributed by atoms with E-state index < -0.39 is 21.7 Å². The molecule has 0 bridgehead atoms. The van der Waals surface area contributed by atoms with Crippen molar-refractivity contribution in [2.45, 2.75) is 31.6 Å². The van der Waals surface area contributed by atoms with Gasteiger partial charge in [-0.1, -0.05) is 23.2 Å². The summed E-state index contributed by atoms with van der Waals surface area (Å²) in [5, 5.41) is 1.21. The molecule has 2 aromatic rings. The number of rotatable bonds is 7. The first-order valence-electron chi connectivity index (χ1n) is 10.8. The van der Waals surface area contributed by atoms with E-state index in [0.717, 1.165) is 56.3 Å². The van der Waals surface area contributed by atoms with Crippen molar-refractivity contribution in [3.63, 3.8) is 0 Å². The minimum absolute atomic E-state index is 0.194. The Morgan fingerprint density at radius 3 is 2.30 bits per heavy atom. The van der Waals surface area contributed by atoms with Crippen LogP contribution in [0, 0.1) is 11.7 Å². The van der Waals surface area contributed by atoms with Gasteiger partial charge in [0, 0.05) is 34.9 Å². The van der Waals surface area contributed by atoms with Crippen molar-refractivity contribution >= 4 is 44.8 Å². The first-order valence-corrected chi connectivity index (χ1v) is 13.4. The topological polar surface area (TPSA) is 75.7 Å². The molecule has 1 N–H and O–H groups in total. The molecule has 1 saturated carbocycles. The van der Waals surface area contributed by atoms with Crippen molar-refractivity contribution < 1.29 is 22.3 Å². The molecule has 0 spiro atoms. The van der Waals surface area contributed by atoms with Crippen molar-refractivity contribution in [1.29, 1.82) is 0 Å². The second-order valence-electron chi connectivity index (χ2n) is 8.72. The van der Waals surface area contributed by atoms with Crippen molar-refractivity contribution in [1.82, 2.24) is 4.72 Å². The monoisotopic (exact) mass is 514 g/mol. The van der Waals surface area contributed by atoms with Crippen LogP contribution in [0.15, 0.2) is 30.3 Å². The molecule has 2 aromatic carbocycles. The number of hydrogen-bond acceptors (Lipinski definition) is 5. The lowest BCUT2D eigenvalue weighted by atomic mass is 9.97.